The molecule has 1 fully saturated rings. The molecule has 2 aromatic heterocycles. The Balaban J connectivity index is 1.64. The molecule has 1 aliphatic rings. The molecule has 1 aromatic carbocycles. The SMILES string of the molecule is COc1cccc2c(C)c(C(=O)N3CCC[C@H](n4ccnc4)C3)oc12. The van der Waals surface area contributed by atoms with Gasteiger partial charge in [0.1, 0.15) is 0 Å². The van der Waals surface area contributed by atoms with Gasteiger partial charge in [0.25, 0.3) is 5.91 Å². The van der Waals surface area contributed by atoms with Crippen molar-refractivity contribution in [3.63, 3.8) is 0 Å². The van der Waals surface area contributed by atoms with Gasteiger partial charge in [-0.2, -0.15) is 0 Å². The minimum Gasteiger partial charge on any atom is -0.493 e. The molecule has 6 heteroatoms. The summed E-state index contributed by atoms with van der Waals surface area (Å²) in [7, 11) is 1.61. The minimum atomic E-state index is -0.0550. The van der Waals surface area contributed by atoms with Crippen LogP contribution in [0, 0.1) is 6.92 Å². The molecule has 3 heterocycles. The number of amides is 1. The van der Waals surface area contributed by atoms with Crippen molar-refractivity contribution in [2.75, 3.05) is 20.2 Å². The highest BCUT2D eigenvalue weighted by molar-refractivity contribution is 6.00. The van der Waals surface area contributed by atoms with Crippen molar-refractivity contribution in [2.45, 2.75) is 25.8 Å². The van der Waals surface area contributed by atoms with Crippen LogP contribution in [0.5, 0.6) is 5.75 Å². The molecule has 0 radical (unpaired) electrons. The standard InChI is InChI=1S/C19H21N3O3/c1-13-15-6-3-7-16(24-2)18(15)25-17(13)19(23)21-9-4-5-14(11-21)22-10-8-20-12-22/h3,6-8,10,12,14H,4-5,9,11H2,1-2H3/t14-/m0/s1. The Morgan fingerprint density at radius 3 is 3.04 bits per heavy atom. The third kappa shape index (κ3) is 2.67. The highest BCUT2D eigenvalue weighted by Gasteiger charge is 2.29. The van der Waals surface area contributed by atoms with E-state index in [1.54, 1.807) is 13.3 Å². The number of aryl methyl sites for hydroxylation is 1. The van der Waals surface area contributed by atoms with Gasteiger partial charge in [-0.05, 0) is 25.8 Å². The van der Waals surface area contributed by atoms with E-state index in [1.807, 2.05) is 42.5 Å². The van der Waals surface area contributed by atoms with E-state index in [2.05, 4.69) is 9.55 Å². The lowest BCUT2D eigenvalue weighted by Gasteiger charge is -2.33. The minimum absolute atomic E-state index is 0.0550. The predicted octanol–water partition coefficient (Wildman–Crippen LogP) is 3.42. The molecule has 0 spiro atoms. The monoisotopic (exact) mass is 339 g/mol. The number of ether oxygens (including phenoxy) is 1. The summed E-state index contributed by atoms with van der Waals surface area (Å²) in [4.78, 5) is 19.1. The van der Waals surface area contributed by atoms with Crippen molar-refractivity contribution < 1.29 is 13.9 Å². The molecule has 0 saturated carbocycles. The number of methoxy groups -OCH3 is 1. The zero-order valence-corrected chi connectivity index (χ0v) is 14.4. The van der Waals surface area contributed by atoms with Crippen LogP contribution in [-0.2, 0) is 0 Å². The van der Waals surface area contributed by atoms with Crippen LogP contribution in [-0.4, -0.2) is 40.6 Å². The van der Waals surface area contributed by atoms with Gasteiger partial charge in [0.2, 0.25) is 0 Å². The fourth-order valence-corrected chi connectivity index (χ4v) is 3.59. The van der Waals surface area contributed by atoms with E-state index in [9.17, 15) is 4.79 Å². The Labute approximate surface area is 146 Å². The molecular formula is C19H21N3O3. The van der Waals surface area contributed by atoms with Gasteiger partial charge in [-0.3, -0.25) is 4.79 Å². The Hall–Kier alpha value is -2.76. The van der Waals surface area contributed by atoms with Gasteiger partial charge in [0.15, 0.2) is 17.1 Å². The van der Waals surface area contributed by atoms with E-state index in [0.29, 0.717) is 23.6 Å². The number of hydrogen-bond donors (Lipinski definition) is 0. The van der Waals surface area contributed by atoms with E-state index < -0.39 is 0 Å². The summed E-state index contributed by atoms with van der Waals surface area (Å²) in [6.07, 6.45) is 7.56. The van der Waals surface area contributed by atoms with Gasteiger partial charge in [0.05, 0.1) is 19.5 Å². The summed E-state index contributed by atoms with van der Waals surface area (Å²) in [6, 6.07) is 5.97. The highest BCUT2D eigenvalue weighted by atomic mass is 16.5. The number of para-hydroxylation sites is 1. The molecule has 1 atom stereocenters. The average molecular weight is 339 g/mol. The number of imidazole rings is 1. The van der Waals surface area contributed by atoms with Gasteiger partial charge in [-0.25, -0.2) is 4.98 Å². The average Bonchev–Trinajstić information content (AvgIpc) is 3.30. The lowest BCUT2D eigenvalue weighted by Crippen LogP contribution is -2.40. The number of furan rings is 1. The van der Waals surface area contributed by atoms with Crippen molar-refractivity contribution in [2.24, 2.45) is 0 Å². The Kier molecular flexibility index (Phi) is 3.95. The Bertz CT molecular complexity index is 898. The molecule has 3 aromatic rings. The van der Waals surface area contributed by atoms with Crippen molar-refractivity contribution in [1.82, 2.24) is 14.5 Å². The van der Waals surface area contributed by atoms with Crippen LogP contribution in [0.15, 0.2) is 41.3 Å². The first-order chi connectivity index (χ1) is 12.2. The van der Waals surface area contributed by atoms with Crippen LogP contribution in [0.4, 0.5) is 0 Å². The van der Waals surface area contributed by atoms with Crippen LogP contribution in [0.3, 0.4) is 0 Å². The molecule has 130 valence electrons. The summed E-state index contributed by atoms with van der Waals surface area (Å²) in [5.74, 6) is 1.00. The van der Waals surface area contributed by atoms with Crippen LogP contribution < -0.4 is 4.74 Å². The van der Waals surface area contributed by atoms with E-state index in [4.69, 9.17) is 9.15 Å². The van der Waals surface area contributed by atoms with E-state index in [-0.39, 0.29) is 11.9 Å². The number of nitrogens with zero attached hydrogens (tertiary/aromatic N) is 3. The predicted molar refractivity (Wildman–Crippen MR) is 93.9 cm³/mol. The fourth-order valence-electron chi connectivity index (χ4n) is 3.59. The molecule has 0 aliphatic carbocycles. The smallest absolute Gasteiger partial charge is 0.289 e. The summed E-state index contributed by atoms with van der Waals surface area (Å²) in [6.45, 7) is 3.34. The normalized spacial score (nSPS) is 17.8. The first kappa shape index (κ1) is 15.7. The van der Waals surface area contributed by atoms with Crippen molar-refractivity contribution >= 4 is 16.9 Å². The summed E-state index contributed by atoms with van der Waals surface area (Å²) >= 11 is 0. The van der Waals surface area contributed by atoms with E-state index >= 15 is 0 Å². The van der Waals surface area contributed by atoms with Crippen molar-refractivity contribution in [1.29, 1.82) is 0 Å². The largest absolute Gasteiger partial charge is 0.493 e. The van der Waals surface area contributed by atoms with Gasteiger partial charge in [-0.15, -0.1) is 0 Å². The number of likely N-dealkylation sites (tertiary alicyclic amines) is 1. The molecule has 25 heavy (non-hydrogen) atoms. The molecule has 4 rings (SSSR count). The number of hydrogen-bond acceptors (Lipinski definition) is 4. The maximum Gasteiger partial charge on any atom is 0.289 e. The molecule has 0 bridgehead atoms. The van der Waals surface area contributed by atoms with Gasteiger partial charge >= 0.3 is 0 Å². The molecule has 0 N–H and O–H groups in total. The number of carbonyl (C=O) groups is 1. The van der Waals surface area contributed by atoms with Gasteiger partial charge in [0, 0.05) is 36.4 Å². The summed E-state index contributed by atoms with van der Waals surface area (Å²) in [5, 5.41) is 0.922. The number of fused-ring (bicyclic) bond motifs is 1. The number of aromatic nitrogens is 2. The maximum atomic E-state index is 13.1. The second-order valence-electron chi connectivity index (χ2n) is 6.45. The van der Waals surface area contributed by atoms with Crippen LogP contribution >= 0.6 is 0 Å². The summed E-state index contributed by atoms with van der Waals surface area (Å²) < 4.78 is 13.4. The van der Waals surface area contributed by atoms with Crippen LogP contribution in [0.1, 0.15) is 35.0 Å². The zero-order valence-electron chi connectivity index (χ0n) is 14.4. The number of carbonyl (C=O) groups excluding carboxylic acids is 1. The molecule has 6 nitrogen and oxygen atoms in total. The number of piperidine rings is 1. The fraction of sp³-hybridized carbons (Fsp3) is 0.368. The first-order valence-corrected chi connectivity index (χ1v) is 8.52. The van der Waals surface area contributed by atoms with Gasteiger partial charge in [-0.1, -0.05) is 12.1 Å². The number of rotatable bonds is 3. The third-order valence-electron chi connectivity index (χ3n) is 4.97. The number of benzene rings is 1. The lowest BCUT2D eigenvalue weighted by molar-refractivity contribution is 0.0648. The quantitative estimate of drug-likeness (QED) is 0.733. The third-order valence-corrected chi connectivity index (χ3v) is 4.97. The molecule has 1 saturated heterocycles. The van der Waals surface area contributed by atoms with E-state index in [0.717, 1.165) is 30.3 Å². The van der Waals surface area contributed by atoms with Crippen LogP contribution in [0.2, 0.25) is 0 Å². The molecule has 1 amide bonds. The first-order valence-electron chi connectivity index (χ1n) is 8.52. The molecular weight excluding hydrogens is 318 g/mol. The second-order valence-corrected chi connectivity index (χ2v) is 6.45. The molecule has 0 unspecified atom stereocenters. The van der Waals surface area contributed by atoms with E-state index in [1.165, 1.54) is 0 Å². The van der Waals surface area contributed by atoms with Crippen molar-refractivity contribution in [3.8, 4) is 5.75 Å². The van der Waals surface area contributed by atoms with Crippen LogP contribution in [0.25, 0.3) is 11.0 Å². The topological polar surface area (TPSA) is 60.5 Å². The zero-order chi connectivity index (χ0) is 17.4. The Morgan fingerprint density at radius 2 is 2.28 bits per heavy atom. The molecule has 1 aliphatic heterocycles. The van der Waals surface area contributed by atoms with Crippen molar-refractivity contribution in [3.05, 3.63) is 48.2 Å². The second kappa shape index (κ2) is 6.27. The highest BCUT2D eigenvalue weighted by Crippen LogP contribution is 2.33. The lowest BCUT2D eigenvalue weighted by atomic mass is 10.0. The summed E-state index contributed by atoms with van der Waals surface area (Å²) in [5.41, 5.74) is 1.50. The maximum absolute atomic E-state index is 13.1. The Morgan fingerprint density at radius 1 is 1.40 bits per heavy atom. The van der Waals surface area contributed by atoms with Gasteiger partial charge < -0.3 is 18.6 Å².